The van der Waals surface area contributed by atoms with Gasteiger partial charge in [0.2, 0.25) is 0 Å². The van der Waals surface area contributed by atoms with Crippen LogP contribution in [-0.4, -0.2) is 0 Å². The molecule has 0 radical (unpaired) electrons. The van der Waals surface area contributed by atoms with Crippen LogP contribution in [-0.2, 0) is 18.7 Å². The molecule has 0 unspecified atom stereocenters. The van der Waals surface area contributed by atoms with E-state index in [1.165, 1.54) is 0 Å². The molecule has 0 heterocycles. The molecule has 0 aromatic rings. The minimum absolute atomic E-state index is 0. The summed E-state index contributed by atoms with van der Waals surface area (Å²) < 4.78 is 34.4. The van der Waals surface area contributed by atoms with Crippen LogP contribution >= 0.6 is 0 Å². The van der Waals surface area contributed by atoms with Crippen LogP contribution in [0.25, 0.3) is 0 Å². The first-order chi connectivity index (χ1) is 2.00. The van der Waals surface area contributed by atoms with E-state index in [1.807, 2.05) is 0 Å². The molecule has 8 heavy (non-hydrogen) atoms. The molecule has 8 heteroatoms. The second-order valence-electron chi connectivity index (χ2n) is 0.447. The Morgan fingerprint density at radius 2 is 0.875 bits per heavy atom. The summed E-state index contributed by atoms with van der Waals surface area (Å²) in [6.07, 6.45) is 0. The van der Waals surface area contributed by atoms with Crippen molar-refractivity contribution < 1.29 is 30.8 Å². The number of quaternary nitrogens is 3. The molecule has 56 valence electrons. The van der Waals surface area contributed by atoms with Crippen molar-refractivity contribution in [1.82, 2.24) is 18.5 Å². The molecule has 12 N–H and O–H groups in total. The summed E-state index contributed by atoms with van der Waals surface area (Å²) >= 11 is -5.88. The van der Waals surface area contributed by atoms with Crippen molar-refractivity contribution in [2.45, 2.75) is 0 Å². The van der Waals surface area contributed by atoms with Crippen molar-refractivity contribution in [3.8, 4) is 0 Å². The molecule has 0 saturated carbocycles. The number of hydrogen-bond donors (Lipinski definition) is 3. The van der Waals surface area contributed by atoms with Crippen molar-refractivity contribution in [3.63, 3.8) is 0 Å². The monoisotopic (exact) mass is 169 g/mol. The molecular formula is H12N3O4V. The molecule has 0 aliphatic rings. The van der Waals surface area contributed by atoms with E-state index in [4.69, 9.17) is 15.8 Å². The maximum absolute atomic E-state index is 8.61. The SMILES string of the molecule is [NH4+].[NH4+].[NH4+].[O]=[V]([O-])([O-])[O-]. The Bertz CT molecular complexity index is 57.4. The van der Waals surface area contributed by atoms with Gasteiger partial charge in [-0.2, -0.15) is 0 Å². The van der Waals surface area contributed by atoms with Crippen molar-refractivity contribution in [2.24, 2.45) is 0 Å². The molecule has 0 aliphatic heterocycles. The predicted octanol–water partition coefficient (Wildman–Crippen LogP) is -2.56. The summed E-state index contributed by atoms with van der Waals surface area (Å²) in [4.78, 5) is 0. The van der Waals surface area contributed by atoms with Crippen molar-refractivity contribution >= 4 is 0 Å². The van der Waals surface area contributed by atoms with Gasteiger partial charge in [-0.05, 0) is 0 Å². The zero-order valence-electron chi connectivity index (χ0n) is 5.08. The summed E-state index contributed by atoms with van der Waals surface area (Å²) in [6.45, 7) is 0. The van der Waals surface area contributed by atoms with Crippen LogP contribution in [0.3, 0.4) is 0 Å². The van der Waals surface area contributed by atoms with E-state index in [9.17, 15) is 0 Å². The molecule has 0 spiro atoms. The number of hydrogen-bond acceptors (Lipinski definition) is 4. The fourth-order valence-corrected chi connectivity index (χ4v) is 0. The molecular weight excluding hydrogens is 157 g/mol. The van der Waals surface area contributed by atoms with Crippen molar-refractivity contribution in [2.75, 3.05) is 0 Å². The summed E-state index contributed by atoms with van der Waals surface area (Å²) in [5, 5.41) is 0. The fraction of sp³-hybridized carbons (Fsp3) is 0. The third kappa shape index (κ3) is 7800. The third-order valence-corrected chi connectivity index (χ3v) is 0. The summed E-state index contributed by atoms with van der Waals surface area (Å²) in [6, 6.07) is 0. The summed E-state index contributed by atoms with van der Waals surface area (Å²) in [5.74, 6) is 0. The minimum atomic E-state index is -5.88. The average molecular weight is 169 g/mol. The second kappa shape index (κ2) is 7.14. The van der Waals surface area contributed by atoms with Gasteiger partial charge < -0.3 is 18.5 Å². The van der Waals surface area contributed by atoms with Gasteiger partial charge in [0.25, 0.3) is 0 Å². The molecule has 0 rings (SSSR count). The zero-order chi connectivity index (χ0) is 4.50. The van der Waals surface area contributed by atoms with E-state index in [0.29, 0.717) is 0 Å². The summed E-state index contributed by atoms with van der Waals surface area (Å²) in [5.41, 5.74) is 0. The van der Waals surface area contributed by atoms with E-state index < -0.39 is 15.0 Å². The topological polar surface area (TPSA) is 196 Å². The van der Waals surface area contributed by atoms with Crippen LogP contribution in [0.15, 0.2) is 0 Å². The van der Waals surface area contributed by atoms with Crippen LogP contribution in [0.5, 0.6) is 0 Å². The molecule has 0 bridgehead atoms. The van der Waals surface area contributed by atoms with Crippen LogP contribution in [0.2, 0.25) is 0 Å². The summed E-state index contributed by atoms with van der Waals surface area (Å²) in [7, 11) is 0. The van der Waals surface area contributed by atoms with Gasteiger partial charge in [-0.25, -0.2) is 0 Å². The van der Waals surface area contributed by atoms with Crippen LogP contribution in [0.4, 0.5) is 0 Å². The molecule has 0 saturated heterocycles. The Morgan fingerprint density at radius 3 is 0.875 bits per heavy atom. The molecule has 7 nitrogen and oxygen atoms in total. The van der Waals surface area contributed by atoms with Crippen molar-refractivity contribution in [3.05, 3.63) is 0 Å². The van der Waals surface area contributed by atoms with Gasteiger partial charge in [0, 0.05) is 0 Å². The van der Waals surface area contributed by atoms with Gasteiger partial charge in [-0.15, -0.1) is 0 Å². The Balaban J connectivity index is -0.0000000267. The Hall–Kier alpha value is 0.144. The number of rotatable bonds is 0. The first kappa shape index (κ1) is 24.2. The Morgan fingerprint density at radius 1 is 0.875 bits per heavy atom. The molecule has 0 amide bonds. The van der Waals surface area contributed by atoms with E-state index in [0.717, 1.165) is 0 Å². The standard InChI is InChI=1S/3H3N.4O.V/h3*1H3;;;;;/q;;;;3*-1;/p+3. The molecule has 0 aromatic heterocycles. The van der Waals surface area contributed by atoms with Gasteiger partial charge in [0.05, 0.1) is 0 Å². The first-order valence-corrected chi connectivity index (χ1v) is 3.01. The Kier molecular flexibility index (Phi) is 21.6. The van der Waals surface area contributed by atoms with Gasteiger partial charge in [0.1, 0.15) is 0 Å². The van der Waals surface area contributed by atoms with Gasteiger partial charge in [0.15, 0.2) is 0 Å². The van der Waals surface area contributed by atoms with E-state index in [2.05, 4.69) is 0 Å². The van der Waals surface area contributed by atoms with Crippen LogP contribution < -0.4 is 30.5 Å². The van der Waals surface area contributed by atoms with E-state index in [1.54, 1.807) is 0 Å². The van der Waals surface area contributed by atoms with E-state index in [-0.39, 0.29) is 18.5 Å². The third-order valence-electron chi connectivity index (χ3n) is 0. The predicted molar refractivity (Wildman–Crippen MR) is 18.6 cm³/mol. The van der Waals surface area contributed by atoms with Gasteiger partial charge in [-0.1, -0.05) is 0 Å². The quantitative estimate of drug-likeness (QED) is 0.358. The molecule has 0 aliphatic carbocycles. The average Bonchev–Trinajstić information content (AvgIpc) is 0.722. The molecule has 0 aromatic carbocycles. The maximum atomic E-state index is 8.61. The van der Waals surface area contributed by atoms with Gasteiger partial charge in [-0.3, -0.25) is 0 Å². The van der Waals surface area contributed by atoms with Crippen LogP contribution in [0, 0.1) is 0 Å². The Labute approximate surface area is 50.0 Å². The van der Waals surface area contributed by atoms with E-state index >= 15 is 0 Å². The first-order valence-electron chi connectivity index (χ1n) is 0.730. The molecule has 0 atom stereocenters. The second-order valence-corrected chi connectivity index (χ2v) is 1.84. The van der Waals surface area contributed by atoms with Gasteiger partial charge >= 0.3 is 30.8 Å². The van der Waals surface area contributed by atoms with Crippen molar-refractivity contribution in [1.29, 1.82) is 0 Å². The fourth-order valence-electron chi connectivity index (χ4n) is 0. The van der Waals surface area contributed by atoms with Crippen LogP contribution in [0.1, 0.15) is 0 Å². The zero-order valence-corrected chi connectivity index (χ0v) is 6.48. The molecule has 0 fully saturated rings. The normalized spacial score (nSPS) is 7.38.